The Balaban J connectivity index is 1.66. The van der Waals surface area contributed by atoms with Crippen LogP contribution in [0.4, 0.5) is 5.13 Å². The molecule has 1 saturated heterocycles. The molecule has 2 aliphatic rings. The van der Waals surface area contributed by atoms with Crippen molar-refractivity contribution < 1.29 is 14.4 Å². The van der Waals surface area contributed by atoms with E-state index < -0.39 is 5.91 Å². The molecule has 1 fully saturated rings. The SMILES string of the molecule is Cc1cnc(NC(=O)CN2C(=O)[C@H]3CC=CC[C@H]3C2=O)s1. The van der Waals surface area contributed by atoms with Crippen LogP contribution in [0, 0.1) is 18.8 Å². The summed E-state index contributed by atoms with van der Waals surface area (Å²) in [4.78, 5) is 42.5. The molecule has 7 heteroatoms. The number of hydrogen-bond acceptors (Lipinski definition) is 5. The summed E-state index contributed by atoms with van der Waals surface area (Å²) in [6, 6.07) is 0. The highest BCUT2D eigenvalue weighted by molar-refractivity contribution is 7.15. The van der Waals surface area contributed by atoms with Crippen LogP contribution in [0.2, 0.25) is 0 Å². The van der Waals surface area contributed by atoms with Crippen molar-refractivity contribution in [3.05, 3.63) is 23.2 Å². The highest BCUT2D eigenvalue weighted by Crippen LogP contribution is 2.34. The molecular weight excluding hydrogens is 290 g/mol. The van der Waals surface area contributed by atoms with Gasteiger partial charge in [-0.25, -0.2) is 4.98 Å². The molecule has 6 nitrogen and oxygen atoms in total. The number of rotatable bonds is 3. The molecule has 1 aromatic rings. The third-order valence-corrected chi connectivity index (χ3v) is 4.60. The Hall–Kier alpha value is -2.02. The summed E-state index contributed by atoms with van der Waals surface area (Å²) < 4.78 is 0. The zero-order valence-electron chi connectivity index (χ0n) is 11.5. The summed E-state index contributed by atoms with van der Waals surface area (Å²) in [5, 5.41) is 3.10. The van der Waals surface area contributed by atoms with Gasteiger partial charge >= 0.3 is 0 Å². The summed E-state index contributed by atoms with van der Waals surface area (Å²) >= 11 is 1.35. The van der Waals surface area contributed by atoms with Gasteiger partial charge in [0.2, 0.25) is 17.7 Å². The number of nitrogens with zero attached hydrogens (tertiary/aromatic N) is 2. The number of allylic oxidation sites excluding steroid dienone is 2. The van der Waals surface area contributed by atoms with Crippen LogP contribution < -0.4 is 5.32 Å². The second kappa shape index (κ2) is 5.40. The number of hydrogen-bond donors (Lipinski definition) is 1. The quantitative estimate of drug-likeness (QED) is 0.675. The number of aromatic nitrogens is 1. The molecule has 0 unspecified atom stereocenters. The third-order valence-electron chi connectivity index (χ3n) is 3.77. The fraction of sp³-hybridized carbons (Fsp3) is 0.429. The van der Waals surface area contributed by atoms with Crippen molar-refractivity contribution >= 4 is 34.2 Å². The number of fused-ring (bicyclic) bond motifs is 1. The largest absolute Gasteiger partial charge is 0.300 e. The second-order valence-corrected chi connectivity index (χ2v) is 6.48. The molecule has 3 amide bonds. The lowest BCUT2D eigenvalue weighted by molar-refractivity contribution is -0.142. The van der Waals surface area contributed by atoms with Crippen molar-refractivity contribution in [2.24, 2.45) is 11.8 Å². The smallest absolute Gasteiger partial charge is 0.246 e. The zero-order chi connectivity index (χ0) is 15.0. The van der Waals surface area contributed by atoms with Crippen LogP contribution >= 0.6 is 11.3 Å². The predicted molar refractivity (Wildman–Crippen MR) is 77.6 cm³/mol. The molecule has 0 bridgehead atoms. The van der Waals surface area contributed by atoms with Gasteiger partial charge < -0.3 is 5.32 Å². The Kier molecular flexibility index (Phi) is 3.59. The molecule has 110 valence electrons. The maximum Gasteiger partial charge on any atom is 0.246 e. The van der Waals surface area contributed by atoms with Gasteiger partial charge in [0, 0.05) is 11.1 Å². The monoisotopic (exact) mass is 305 g/mol. The highest BCUT2D eigenvalue weighted by Gasteiger charge is 2.47. The Morgan fingerprint density at radius 3 is 2.48 bits per heavy atom. The fourth-order valence-corrected chi connectivity index (χ4v) is 3.42. The molecule has 0 radical (unpaired) electrons. The fourth-order valence-electron chi connectivity index (χ4n) is 2.74. The Morgan fingerprint density at radius 2 is 1.95 bits per heavy atom. The number of carbonyl (C=O) groups is 3. The zero-order valence-corrected chi connectivity index (χ0v) is 12.4. The lowest BCUT2D eigenvalue weighted by atomic mass is 9.85. The van der Waals surface area contributed by atoms with Gasteiger partial charge in [0.25, 0.3) is 0 Å². The third kappa shape index (κ3) is 2.61. The van der Waals surface area contributed by atoms with E-state index in [2.05, 4.69) is 10.3 Å². The molecule has 0 saturated carbocycles. The van der Waals surface area contributed by atoms with Crippen molar-refractivity contribution in [1.29, 1.82) is 0 Å². The first-order chi connectivity index (χ1) is 10.1. The highest BCUT2D eigenvalue weighted by atomic mass is 32.1. The lowest BCUT2D eigenvalue weighted by Gasteiger charge is -2.14. The molecule has 0 aromatic carbocycles. The minimum atomic E-state index is -0.391. The van der Waals surface area contributed by atoms with E-state index in [-0.39, 0.29) is 30.2 Å². The molecule has 21 heavy (non-hydrogen) atoms. The van der Waals surface area contributed by atoms with Gasteiger partial charge in [-0.05, 0) is 19.8 Å². The summed E-state index contributed by atoms with van der Waals surface area (Å²) in [6.45, 7) is 1.65. The number of imide groups is 1. The van der Waals surface area contributed by atoms with Crippen LogP contribution in [0.25, 0.3) is 0 Å². The summed E-state index contributed by atoms with van der Waals surface area (Å²) in [5.41, 5.74) is 0. The lowest BCUT2D eigenvalue weighted by Crippen LogP contribution is -2.38. The second-order valence-electron chi connectivity index (χ2n) is 5.24. The summed E-state index contributed by atoms with van der Waals surface area (Å²) in [5.74, 6) is -1.45. The first-order valence-corrected chi connectivity index (χ1v) is 7.60. The van der Waals surface area contributed by atoms with Crippen LogP contribution in [0.15, 0.2) is 18.3 Å². The van der Waals surface area contributed by atoms with Gasteiger partial charge in [-0.2, -0.15) is 0 Å². The van der Waals surface area contributed by atoms with E-state index >= 15 is 0 Å². The molecular formula is C14H15N3O3S. The number of nitrogens with one attached hydrogen (secondary N) is 1. The van der Waals surface area contributed by atoms with Crippen LogP contribution in [-0.2, 0) is 14.4 Å². The average molecular weight is 305 g/mol. The number of thiazole rings is 1. The van der Waals surface area contributed by atoms with E-state index in [1.165, 1.54) is 11.3 Å². The van der Waals surface area contributed by atoms with Gasteiger partial charge in [0.05, 0.1) is 11.8 Å². The molecule has 1 aliphatic heterocycles. The molecule has 1 N–H and O–H groups in total. The van der Waals surface area contributed by atoms with E-state index in [9.17, 15) is 14.4 Å². The maximum absolute atomic E-state index is 12.2. The van der Waals surface area contributed by atoms with Crippen molar-refractivity contribution in [1.82, 2.24) is 9.88 Å². The first-order valence-electron chi connectivity index (χ1n) is 6.79. The van der Waals surface area contributed by atoms with Crippen molar-refractivity contribution in [3.8, 4) is 0 Å². The summed E-state index contributed by atoms with van der Waals surface area (Å²) in [7, 11) is 0. The van der Waals surface area contributed by atoms with Gasteiger partial charge in [-0.3, -0.25) is 19.3 Å². The van der Waals surface area contributed by atoms with Gasteiger partial charge in [0.15, 0.2) is 5.13 Å². The maximum atomic E-state index is 12.2. The first kappa shape index (κ1) is 13.9. The van der Waals surface area contributed by atoms with Gasteiger partial charge in [-0.1, -0.05) is 12.2 Å². The molecule has 2 atom stereocenters. The molecule has 2 heterocycles. The van der Waals surface area contributed by atoms with E-state index in [1.54, 1.807) is 6.20 Å². The van der Waals surface area contributed by atoms with Crippen LogP contribution in [-0.4, -0.2) is 34.2 Å². The number of aryl methyl sites for hydroxylation is 1. The number of likely N-dealkylation sites (tertiary alicyclic amines) is 1. The van der Waals surface area contributed by atoms with E-state index in [0.29, 0.717) is 18.0 Å². The molecule has 1 aromatic heterocycles. The van der Waals surface area contributed by atoms with E-state index in [4.69, 9.17) is 0 Å². The Bertz CT molecular complexity index is 611. The number of amides is 3. The van der Waals surface area contributed by atoms with E-state index in [1.807, 2.05) is 19.1 Å². The summed E-state index contributed by atoms with van der Waals surface area (Å²) in [6.07, 6.45) is 6.67. The van der Waals surface area contributed by atoms with Crippen molar-refractivity contribution in [2.45, 2.75) is 19.8 Å². The normalized spacial score (nSPS) is 24.3. The Morgan fingerprint density at radius 1 is 1.33 bits per heavy atom. The van der Waals surface area contributed by atoms with Gasteiger partial charge in [-0.15, -0.1) is 11.3 Å². The number of anilines is 1. The van der Waals surface area contributed by atoms with Crippen molar-refractivity contribution in [3.63, 3.8) is 0 Å². The van der Waals surface area contributed by atoms with Crippen LogP contribution in [0.5, 0.6) is 0 Å². The van der Waals surface area contributed by atoms with Crippen molar-refractivity contribution in [2.75, 3.05) is 11.9 Å². The Labute approximate surface area is 125 Å². The van der Waals surface area contributed by atoms with Crippen LogP contribution in [0.1, 0.15) is 17.7 Å². The van der Waals surface area contributed by atoms with Crippen LogP contribution in [0.3, 0.4) is 0 Å². The molecule has 3 rings (SSSR count). The minimum Gasteiger partial charge on any atom is -0.300 e. The minimum absolute atomic E-state index is 0.233. The van der Waals surface area contributed by atoms with Gasteiger partial charge in [0.1, 0.15) is 6.54 Å². The predicted octanol–water partition coefficient (Wildman–Crippen LogP) is 1.34. The molecule has 0 spiro atoms. The standard InChI is InChI=1S/C14H15N3O3S/c1-8-6-15-14(21-8)16-11(18)7-17-12(19)9-4-2-3-5-10(9)13(17)20/h2-3,6,9-10H,4-5,7H2,1H3,(H,15,16,18)/t9-,10+. The topological polar surface area (TPSA) is 79.4 Å². The van der Waals surface area contributed by atoms with E-state index in [0.717, 1.165) is 9.78 Å². The number of carbonyl (C=O) groups excluding carboxylic acids is 3. The average Bonchev–Trinajstić information content (AvgIpc) is 2.97. The molecule has 1 aliphatic carbocycles.